The molecule has 1 saturated heterocycles. The molecular formula is C23H33ClN4O2. The molecule has 164 valence electrons. The van der Waals surface area contributed by atoms with E-state index in [4.69, 9.17) is 4.74 Å². The van der Waals surface area contributed by atoms with Crippen LogP contribution in [-0.4, -0.2) is 42.4 Å². The molecule has 2 aliphatic rings. The van der Waals surface area contributed by atoms with Crippen LogP contribution in [-0.2, 0) is 13.0 Å². The maximum atomic E-state index is 12.8. The lowest BCUT2D eigenvalue weighted by Crippen LogP contribution is -2.32. The maximum Gasteiger partial charge on any atom is 0.251 e. The van der Waals surface area contributed by atoms with E-state index in [1.165, 1.54) is 12.1 Å². The number of hydrogen-bond donors (Lipinski definition) is 2. The summed E-state index contributed by atoms with van der Waals surface area (Å²) in [5, 5.41) is 11.2. The summed E-state index contributed by atoms with van der Waals surface area (Å²) >= 11 is 0. The van der Waals surface area contributed by atoms with Gasteiger partial charge in [0, 0.05) is 29.8 Å². The average molecular weight is 433 g/mol. The number of carbonyl (C=O) groups excluding carboxylic acids is 1. The van der Waals surface area contributed by atoms with Gasteiger partial charge in [-0.15, -0.1) is 12.4 Å². The third-order valence-electron chi connectivity index (χ3n) is 6.38. The Morgan fingerprint density at radius 1 is 1.33 bits per heavy atom. The van der Waals surface area contributed by atoms with E-state index in [-0.39, 0.29) is 23.7 Å². The van der Waals surface area contributed by atoms with Crippen molar-refractivity contribution in [2.75, 3.05) is 26.7 Å². The Bertz CT molecular complexity index is 885. The second-order valence-corrected chi connectivity index (χ2v) is 8.86. The number of aryl methyl sites for hydroxylation is 2. The molecule has 4 rings (SSSR count). The van der Waals surface area contributed by atoms with E-state index < -0.39 is 0 Å². The zero-order valence-electron chi connectivity index (χ0n) is 18.2. The second-order valence-electron chi connectivity index (χ2n) is 8.86. The van der Waals surface area contributed by atoms with Crippen LogP contribution in [0.5, 0.6) is 5.75 Å². The van der Waals surface area contributed by atoms with E-state index >= 15 is 0 Å². The molecule has 1 aromatic heterocycles. The fourth-order valence-corrected chi connectivity index (χ4v) is 4.37. The molecule has 7 heteroatoms. The molecule has 2 heterocycles. The predicted molar refractivity (Wildman–Crippen MR) is 121 cm³/mol. The summed E-state index contributed by atoms with van der Waals surface area (Å²) in [7, 11) is 1.70. The van der Waals surface area contributed by atoms with Crippen LogP contribution in [0.2, 0.25) is 0 Å². The number of hydrogen-bond acceptors (Lipinski definition) is 4. The van der Waals surface area contributed by atoms with Crippen molar-refractivity contribution in [3.05, 3.63) is 46.8 Å². The normalized spacial score (nSPS) is 19.2. The first-order valence-electron chi connectivity index (χ1n) is 10.6. The Labute approximate surface area is 185 Å². The van der Waals surface area contributed by atoms with Crippen molar-refractivity contribution in [3.8, 4) is 5.75 Å². The Balaban J connectivity index is 0.00000256. The van der Waals surface area contributed by atoms with Crippen molar-refractivity contribution >= 4 is 18.3 Å². The molecule has 1 saturated carbocycles. The first kappa shape index (κ1) is 22.6. The van der Waals surface area contributed by atoms with Crippen LogP contribution in [0.25, 0.3) is 0 Å². The van der Waals surface area contributed by atoms with Crippen molar-refractivity contribution in [1.82, 2.24) is 20.4 Å². The molecule has 1 aliphatic heterocycles. The van der Waals surface area contributed by atoms with Gasteiger partial charge in [0.2, 0.25) is 0 Å². The summed E-state index contributed by atoms with van der Waals surface area (Å²) in [6.45, 7) is 7.79. The standard InChI is InChI=1S/C23H32N4O2.ClH/c1-16-10-17(2)27(26-16)15-23(7-8-23)14-25-22(28)19-4-5-21(29-3)20(12-19)11-18-6-9-24-13-18;/h4-5,10,12,18,24H,6-9,11,13-15H2,1-3H3,(H,25,28);1H. The molecule has 2 aromatic rings. The summed E-state index contributed by atoms with van der Waals surface area (Å²) in [6, 6.07) is 7.90. The van der Waals surface area contributed by atoms with Crippen LogP contribution in [0.4, 0.5) is 0 Å². The van der Waals surface area contributed by atoms with Gasteiger partial charge in [0.1, 0.15) is 5.75 Å². The van der Waals surface area contributed by atoms with E-state index in [0.717, 1.165) is 55.9 Å². The molecule has 0 radical (unpaired) electrons. The van der Waals surface area contributed by atoms with E-state index in [1.807, 2.05) is 25.1 Å². The lowest BCUT2D eigenvalue weighted by molar-refractivity contribution is 0.0942. The van der Waals surface area contributed by atoms with Crippen molar-refractivity contribution in [2.24, 2.45) is 11.3 Å². The molecule has 1 aliphatic carbocycles. The molecule has 2 N–H and O–H groups in total. The van der Waals surface area contributed by atoms with Crippen LogP contribution < -0.4 is 15.4 Å². The van der Waals surface area contributed by atoms with Crippen LogP contribution in [0.1, 0.15) is 46.6 Å². The van der Waals surface area contributed by atoms with Gasteiger partial charge in [-0.25, -0.2) is 0 Å². The highest BCUT2D eigenvalue weighted by atomic mass is 35.5. The van der Waals surface area contributed by atoms with Gasteiger partial charge in [0.25, 0.3) is 5.91 Å². The first-order chi connectivity index (χ1) is 14.0. The maximum absolute atomic E-state index is 12.8. The van der Waals surface area contributed by atoms with Gasteiger partial charge in [0.15, 0.2) is 0 Å². The number of halogens is 1. The van der Waals surface area contributed by atoms with Gasteiger partial charge in [-0.1, -0.05) is 0 Å². The van der Waals surface area contributed by atoms with E-state index in [0.29, 0.717) is 18.0 Å². The van der Waals surface area contributed by atoms with Crippen LogP contribution in [0.3, 0.4) is 0 Å². The molecule has 1 aromatic carbocycles. The Morgan fingerprint density at radius 3 is 2.73 bits per heavy atom. The Kier molecular flexibility index (Phi) is 7.09. The lowest BCUT2D eigenvalue weighted by atomic mass is 9.96. The molecule has 0 spiro atoms. The molecule has 1 unspecified atom stereocenters. The number of amides is 1. The monoisotopic (exact) mass is 432 g/mol. The molecule has 30 heavy (non-hydrogen) atoms. The number of ether oxygens (including phenoxy) is 1. The molecule has 1 atom stereocenters. The van der Waals surface area contributed by atoms with Crippen LogP contribution >= 0.6 is 12.4 Å². The average Bonchev–Trinajstić information content (AvgIpc) is 3.12. The van der Waals surface area contributed by atoms with E-state index in [1.54, 1.807) is 7.11 Å². The molecular weight excluding hydrogens is 400 g/mol. The van der Waals surface area contributed by atoms with Crippen molar-refractivity contribution < 1.29 is 9.53 Å². The minimum Gasteiger partial charge on any atom is -0.496 e. The molecule has 2 fully saturated rings. The second kappa shape index (κ2) is 9.40. The number of benzene rings is 1. The van der Waals surface area contributed by atoms with Crippen LogP contribution in [0, 0.1) is 25.2 Å². The number of nitrogens with one attached hydrogen (secondary N) is 2. The summed E-state index contributed by atoms with van der Waals surface area (Å²) in [6.07, 6.45) is 4.38. The first-order valence-corrected chi connectivity index (χ1v) is 10.6. The molecule has 1 amide bonds. The zero-order chi connectivity index (χ0) is 20.4. The van der Waals surface area contributed by atoms with E-state index in [2.05, 4.69) is 33.4 Å². The van der Waals surface area contributed by atoms with Gasteiger partial charge >= 0.3 is 0 Å². The SMILES string of the molecule is COc1ccc(C(=O)NCC2(Cn3nc(C)cc3C)CC2)cc1CC1CCNC1.Cl. The summed E-state index contributed by atoms with van der Waals surface area (Å²) in [4.78, 5) is 12.8. The van der Waals surface area contributed by atoms with Crippen molar-refractivity contribution in [3.63, 3.8) is 0 Å². The largest absolute Gasteiger partial charge is 0.496 e. The number of methoxy groups -OCH3 is 1. The number of nitrogens with zero attached hydrogens (tertiary/aromatic N) is 2. The minimum atomic E-state index is -0.00177. The lowest BCUT2D eigenvalue weighted by Gasteiger charge is -2.18. The van der Waals surface area contributed by atoms with E-state index in [9.17, 15) is 4.79 Å². The third-order valence-corrected chi connectivity index (χ3v) is 6.38. The highest BCUT2D eigenvalue weighted by Gasteiger charge is 2.43. The fraction of sp³-hybridized carbons (Fsp3) is 0.565. The van der Waals surface area contributed by atoms with Gasteiger partial charge in [-0.2, -0.15) is 5.10 Å². The van der Waals surface area contributed by atoms with Gasteiger partial charge in [-0.05, 0) is 88.4 Å². The number of carbonyl (C=O) groups is 1. The smallest absolute Gasteiger partial charge is 0.251 e. The summed E-state index contributed by atoms with van der Waals surface area (Å²) in [5.74, 6) is 1.48. The van der Waals surface area contributed by atoms with Crippen molar-refractivity contribution in [1.29, 1.82) is 0 Å². The van der Waals surface area contributed by atoms with Crippen molar-refractivity contribution in [2.45, 2.75) is 46.1 Å². The number of rotatable bonds is 8. The minimum absolute atomic E-state index is 0. The highest BCUT2D eigenvalue weighted by molar-refractivity contribution is 5.94. The quantitative estimate of drug-likeness (QED) is 0.671. The Hall–Kier alpha value is -2.05. The zero-order valence-corrected chi connectivity index (χ0v) is 19.0. The topological polar surface area (TPSA) is 68.2 Å². The molecule has 0 bridgehead atoms. The van der Waals surface area contributed by atoms with Gasteiger partial charge in [-0.3, -0.25) is 9.48 Å². The fourth-order valence-electron chi connectivity index (χ4n) is 4.37. The number of aromatic nitrogens is 2. The molecule has 6 nitrogen and oxygen atoms in total. The van der Waals surface area contributed by atoms with Gasteiger partial charge < -0.3 is 15.4 Å². The highest BCUT2D eigenvalue weighted by Crippen LogP contribution is 2.46. The van der Waals surface area contributed by atoms with Gasteiger partial charge in [0.05, 0.1) is 12.8 Å². The Morgan fingerprint density at radius 2 is 2.13 bits per heavy atom. The third kappa shape index (κ3) is 5.16. The predicted octanol–water partition coefficient (Wildman–Crippen LogP) is 3.29. The van der Waals surface area contributed by atoms with Crippen LogP contribution in [0.15, 0.2) is 24.3 Å². The summed E-state index contributed by atoms with van der Waals surface area (Å²) < 4.78 is 7.61. The summed E-state index contributed by atoms with van der Waals surface area (Å²) in [5.41, 5.74) is 4.21.